The molecule has 0 aliphatic heterocycles. The Morgan fingerprint density at radius 2 is 2.00 bits per heavy atom. The average molecular weight is 287 g/mol. The van der Waals surface area contributed by atoms with Crippen molar-refractivity contribution in [2.45, 2.75) is 19.9 Å². The molecule has 4 nitrogen and oxygen atoms in total. The van der Waals surface area contributed by atoms with E-state index in [9.17, 15) is 4.79 Å². The predicted molar refractivity (Wildman–Crippen MR) is 89.1 cm³/mol. The van der Waals surface area contributed by atoms with Crippen LogP contribution in [0.1, 0.15) is 29.3 Å². The predicted octanol–water partition coefficient (Wildman–Crippen LogP) is 2.58. The van der Waals surface area contributed by atoms with Gasteiger partial charge < -0.3 is 11.1 Å². The van der Waals surface area contributed by atoms with Crippen molar-refractivity contribution in [1.29, 1.82) is 0 Å². The third-order valence-corrected chi connectivity index (χ3v) is 3.11. The fourth-order valence-corrected chi connectivity index (χ4v) is 2.03. The second-order valence-corrected chi connectivity index (χ2v) is 4.94. The van der Waals surface area contributed by atoms with Gasteiger partial charge in [0.05, 0.1) is 0 Å². The molecule has 0 saturated carbocycles. The van der Waals surface area contributed by atoms with Gasteiger partial charge in [-0.15, -0.1) is 13.2 Å². The van der Waals surface area contributed by atoms with Crippen LogP contribution in [0, 0.1) is 0 Å². The SMILES string of the molecule is C=CCN(CC=C)Cc1ccc(C(=O)NCCC)cc1N. The number of benzene rings is 1. The van der Waals surface area contributed by atoms with Crippen molar-refractivity contribution in [2.24, 2.45) is 0 Å². The van der Waals surface area contributed by atoms with Crippen molar-refractivity contribution < 1.29 is 4.79 Å². The van der Waals surface area contributed by atoms with Gasteiger partial charge in [0.15, 0.2) is 0 Å². The highest BCUT2D eigenvalue weighted by Crippen LogP contribution is 2.16. The monoisotopic (exact) mass is 287 g/mol. The molecular weight excluding hydrogens is 262 g/mol. The van der Waals surface area contributed by atoms with Crippen LogP contribution in [0.15, 0.2) is 43.5 Å². The molecule has 0 unspecified atom stereocenters. The number of amides is 1. The molecule has 0 spiro atoms. The molecule has 1 rings (SSSR count). The van der Waals surface area contributed by atoms with Crippen LogP contribution in [-0.4, -0.2) is 30.4 Å². The van der Waals surface area contributed by atoms with Gasteiger partial charge in [0, 0.05) is 37.4 Å². The smallest absolute Gasteiger partial charge is 0.251 e. The van der Waals surface area contributed by atoms with Gasteiger partial charge in [-0.3, -0.25) is 9.69 Å². The number of nitrogens with zero attached hydrogens (tertiary/aromatic N) is 1. The second kappa shape index (κ2) is 8.97. The van der Waals surface area contributed by atoms with Crippen molar-refractivity contribution in [2.75, 3.05) is 25.4 Å². The Balaban J connectivity index is 2.79. The fraction of sp³-hybridized carbons (Fsp3) is 0.353. The molecule has 0 saturated heterocycles. The Hall–Kier alpha value is -2.07. The molecule has 4 heteroatoms. The summed E-state index contributed by atoms with van der Waals surface area (Å²) in [6.45, 7) is 12.4. The number of nitrogen functional groups attached to an aromatic ring is 1. The third-order valence-electron chi connectivity index (χ3n) is 3.11. The maximum Gasteiger partial charge on any atom is 0.251 e. The molecule has 3 N–H and O–H groups in total. The number of carbonyl (C=O) groups excluding carboxylic acids is 1. The minimum atomic E-state index is -0.0795. The number of carbonyl (C=O) groups is 1. The molecular formula is C17H25N3O. The first-order valence-electron chi connectivity index (χ1n) is 7.23. The van der Waals surface area contributed by atoms with Gasteiger partial charge in [0.2, 0.25) is 0 Å². The van der Waals surface area contributed by atoms with E-state index in [-0.39, 0.29) is 5.91 Å². The van der Waals surface area contributed by atoms with Crippen LogP contribution in [0.25, 0.3) is 0 Å². The average Bonchev–Trinajstić information content (AvgIpc) is 2.47. The molecule has 0 fully saturated rings. The summed E-state index contributed by atoms with van der Waals surface area (Å²) in [5.74, 6) is -0.0795. The van der Waals surface area contributed by atoms with Crippen LogP contribution in [0.5, 0.6) is 0 Å². The highest BCUT2D eigenvalue weighted by molar-refractivity contribution is 5.95. The van der Waals surface area contributed by atoms with E-state index in [0.717, 1.165) is 25.1 Å². The molecule has 1 aromatic carbocycles. The minimum Gasteiger partial charge on any atom is -0.398 e. The summed E-state index contributed by atoms with van der Waals surface area (Å²) in [6, 6.07) is 5.46. The zero-order valence-electron chi connectivity index (χ0n) is 12.8. The summed E-state index contributed by atoms with van der Waals surface area (Å²) in [5.41, 5.74) is 8.31. The first-order valence-corrected chi connectivity index (χ1v) is 7.23. The number of hydrogen-bond donors (Lipinski definition) is 2. The van der Waals surface area contributed by atoms with E-state index in [2.05, 4.69) is 23.4 Å². The lowest BCUT2D eigenvalue weighted by molar-refractivity contribution is 0.0953. The van der Waals surface area contributed by atoms with Crippen molar-refractivity contribution in [3.05, 3.63) is 54.6 Å². The van der Waals surface area contributed by atoms with Gasteiger partial charge in [-0.2, -0.15) is 0 Å². The molecule has 1 aromatic rings. The quantitative estimate of drug-likeness (QED) is 0.542. The summed E-state index contributed by atoms with van der Waals surface area (Å²) in [4.78, 5) is 14.1. The van der Waals surface area contributed by atoms with E-state index >= 15 is 0 Å². The highest BCUT2D eigenvalue weighted by atomic mass is 16.1. The zero-order valence-corrected chi connectivity index (χ0v) is 12.8. The maximum absolute atomic E-state index is 11.9. The Morgan fingerprint density at radius 1 is 1.33 bits per heavy atom. The lowest BCUT2D eigenvalue weighted by atomic mass is 10.1. The summed E-state index contributed by atoms with van der Waals surface area (Å²) in [6.07, 6.45) is 4.62. The van der Waals surface area contributed by atoms with Crippen LogP contribution in [0.4, 0.5) is 5.69 Å². The number of nitrogens with one attached hydrogen (secondary N) is 1. The van der Waals surface area contributed by atoms with Gasteiger partial charge in [0.1, 0.15) is 0 Å². The van der Waals surface area contributed by atoms with Gasteiger partial charge in [0.25, 0.3) is 5.91 Å². The molecule has 1 amide bonds. The van der Waals surface area contributed by atoms with E-state index in [1.165, 1.54) is 0 Å². The highest BCUT2D eigenvalue weighted by Gasteiger charge is 2.09. The molecule has 0 bridgehead atoms. The van der Waals surface area contributed by atoms with Crippen molar-refractivity contribution in [1.82, 2.24) is 10.2 Å². The molecule has 0 aromatic heterocycles. The van der Waals surface area contributed by atoms with Crippen LogP contribution < -0.4 is 11.1 Å². The Bertz CT molecular complexity index is 487. The third kappa shape index (κ3) is 5.44. The van der Waals surface area contributed by atoms with Crippen molar-refractivity contribution >= 4 is 11.6 Å². The molecule has 0 heterocycles. The summed E-state index contributed by atoms with van der Waals surface area (Å²) in [7, 11) is 0. The zero-order chi connectivity index (χ0) is 15.7. The second-order valence-electron chi connectivity index (χ2n) is 4.94. The number of rotatable bonds is 9. The molecule has 21 heavy (non-hydrogen) atoms. The molecule has 114 valence electrons. The van der Waals surface area contributed by atoms with Gasteiger partial charge in [-0.05, 0) is 24.1 Å². The van der Waals surface area contributed by atoms with E-state index < -0.39 is 0 Å². The summed E-state index contributed by atoms with van der Waals surface area (Å²) < 4.78 is 0. The molecule has 0 radical (unpaired) electrons. The number of nitrogens with two attached hydrogens (primary N) is 1. The van der Waals surface area contributed by atoms with Crippen LogP contribution in [0.3, 0.4) is 0 Å². The Labute approximate surface area is 127 Å². The minimum absolute atomic E-state index is 0.0795. The van der Waals surface area contributed by atoms with Gasteiger partial charge in [-0.25, -0.2) is 0 Å². The Morgan fingerprint density at radius 3 is 2.52 bits per heavy atom. The van der Waals surface area contributed by atoms with Crippen LogP contribution in [-0.2, 0) is 6.54 Å². The van der Waals surface area contributed by atoms with Crippen LogP contribution in [0.2, 0.25) is 0 Å². The van der Waals surface area contributed by atoms with E-state index in [1.54, 1.807) is 6.07 Å². The normalized spacial score (nSPS) is 10.4. The molecule has 0 atom stereocenters. The van der Waals surface area contributed by atoms with E-state index in [0.29, 0.717) is 24.3 Å². The first kappa shape index (κ1) is 17.0. The molecule has 0 aliphatic carbocycles. The summed E-state index contributed by atoms with van der Waals surface area (Å²) in [5, 5.41) is 2.85. The lowest BCUT2D eigenvalue weighted by Crippen LogP contribution is -2.25. The summed E-state index contributed by atoms with van der Waals surface area (Å²) >= 11 is 0. The van der Waals surface area contributed by atoms with E-state index in [1.807, 2.05) is 31.2 Å². The standard InChI is InChI=1S/C17H25N3O/c1-4-9-19-17(21)14-7-8-15(16(18)12-14)13-20(10-5-2)11-6-3/h5-8,12H,2-4,9-11,13,18H2,1H3,(H,19,21). The van der Waals surface area contributed by atoms with Crippen LogP contribution >= 0.6 is 0 Å². The van der Waals surface area contributed by atoms with E-state index in [4.69, 9.17) is 5.73 Å². The van der Waals surface area contributed by atoms with Gasteiger partial charge in [-0.1, -0.05) is 25.1 Å². The van der Waals surface area contributed by atoms with Crippen molar-refractivity contribution in [3.63, 3.8) is 0 Å². The fourth-order valence-electron chi connectivity index (χ4n) is 2.03. The maximum atomic E-state index is 11.9. The first-order chi connectivity index (χ1) is 10.1. The largest absolute Gasteiger partial charge is 0.398 e. The Kier molecular flexibility index (Phi) is 7.26. The lowest BCUT2D eigenvalue weighted by Gasteiger charge is -2.20. The molecule has 0 aliphatic rings. The number of hydrogen-bond acceptors (Lipinski definition) is 3. The van der Waals surface area contributed by atoms with Gasteiger partial charge >= 0.3 is 0 Å². The van der Waals surface area contributed by atoms with Crippen molar-refractivity contribution in [3.8, 4) is 0 Å². The number of anilines is 1. The topological polar surface area (TPSA) is 58.4 Å².